The van der Waals surface area contributed by atoms with Crippen molar-refractivity contribution >= 4 is 28.9 Å². The van der Waals surface area contributed by atoms with Gasteiger partial charge in [-0.1, -0.05) is 16.8 Å². The number of carbonyl (C=O) groups is 1. The van der Waals surface area contributed by atoms with Gasteiger partial charge in [-0.25, -0.2) is 9.48 Å². The highest BCUT2D eigenvalue weighted by Crippen LogP contribution is 2.48. The molecule has 0 bridgehead atoms. The van der Waals surface area contributed by atoms with Gasteiger partial charge in [-0.15, -0.1) is 16.4 Å². The van der Waals surface area contributed by atoms with Crippen LogP contribution in [-0.4, -0.2) is 48.6 Å². The molecule has 0 aliphatic heterocycles. The topological polar surface area (TPSA) is 95.1 Å². The Hall–Kier alpha value is -2.88. The van der Waals surface area contributed by atoms with Crippen LogP contribution in [0.3, 0.4) is 0 Å². The Labute approximate surface area is 175 Å². The third-order valence-corrected chi connectivity index (χ3v) is 5.10. The summed E-state index contributed by atoms with van der Waals surface area (Å²) < 4.78 is 96.4. The lowest BCUT2D eigenvalue weighted by Gasteiger charge is -2.18. The maximum absolute atomic E-state index is 13.8. The van der Waals surface area contributed by atoms with E-state index >= 15 is 0 Å². The Morgan fingerprint density at radius 1 is 1.29 bits per heavy atom. The number of thiophene rings is 1. The molecule has 1 N–H and O–H groups in total. The van der Waals surface area contributed by atoms with Crippen molar-refractivity contribution in [2.75, 3.05) is 0 Å². The van der Waals surface area contributed by atoms with Gasteiger partial charge in [0.15, 0.2) is 17.3 Å². The van der Waals surface area contributed by atoms with Crippen molar-refractivity contribution < 1.29 is 45.4 Å². The first kappa shape index (κ1) is 22.8. The van der Waals surface area contributed by atoms with E-state index in [1.807, 2.05) is 0 Å². The molecule has 0 aromatic carbocycles. The molecule has 3 aromatic rings. The van der Waals surface area contributed by atoms with Gasteiger partial charge in [-0.05, 0) is 6.07 Å². The smallest absolute Gasteiger partial charge is 0.459 e. The van der Waals surface area contributed by atoms with E-state index in [0.29, 0.717) is 9.36 Å². The van der Waals surface area contributed by atoms with Crippen molar-refractivity contribution in [2.45, 2.75) is 18.7 Å². The highest BCUT2D eigenvalue weighted by molar-refractivity contribution is 7.19. The van der Waals surface area contributed by atoms with E-state index in [2.05, 4.69) is 20.1 Å². The van der Waals surface area contributed by atoms with Crippen LogP contribution in [0.1, 0.15) is 16.1 Å². The number of hydrogen-bond acceptors (Lipinski definition) is 6. The van der Waals surface area contributed by atoms with Crippen molar-refractivity contribution in [1.82, 2.24) is 24.8 Å². The number of aryl methyl sites for hydroxylation is 1. The van der Waals surface area contributed by atoms with Gasteiger partial charge in [0.25, 0.3) is 0 Å². The van der Waals surface area contributed by atoms with Crippen molar-refractivity contribution in [3.05, 3.63) is 27.9 Å². The molecular weight excluding hydrogens is 487 g/mol. The second-order valence-electron chi connectivity index (χ2n) is 5.73. The number of hydrogen-bond donors (Lipinski definition) is 1. The normalized spacial score (nSPS) is 12.6. The second kappa shape index (κ2) is 7.67. The SMILES string of the molecule is Cn1nc(C(F)(F)C(F)(F)F)c(OC(F)F)c1-n1cc(-c2cc(C(=O)O)c(Cl)s2)nn1. The fourth-order valence-corrected chi connectivity index (χ4v) is 3.62. The Morgan fingerprint density at radius 2 is 1.94 bits per heavy atom. The zero-order valence-electron chi connectivity index (χ0n) is 14.7. The zero-order valence-corrected chi connectivity index (χ0v) is 16.2. The van der Waals surface area contributed by atoms with Crippen LogP contribution in [0.4, 0.5) is 30.7 Å². The number of ether oxygens (including phenoxy) is 1. The molecule has 0 aliphatic carbocycles. The largest absolute Gasteiger partial charge is 0.478 e. The standard InChI is InChI=1S/C14H7ClF7N5O3S/c1-26-10(7(30-12(16)17)8(24-26)13(18,19)14(20,21)22)27-3-5(23-25-27)6-2-4(11(28)29)9(15)31-6/h2-3,12H,1H3,(H,28,29). The molecule has 17 heteroatoms. The number of carboxylic acid groups (broad SMARTS) is 1. The van der Waals surface area contributed by atoms with E-state index in [9.17, 15) is 35.5 Å². The van der Waals surface area contributed by atoms with Gasteiger partial charge in [-0.2, -0.15) is 40.5 Å². The van der Waals surface area contributed by atoms with E-state index in [1.165, 1.54) is 0 Å². The summed E-state index contributed by atoms with van der Waals surface area (Å²) in [7, 11) is 0.898. The average molecular weight is 494 g/mol. The van der Waals surface area contributed by atoms with Crippen LogP contribution in [0, 0.1) is 0 Å². The zero-order chi connectivity index (χ0) is 23.3. The number of aromatic carboxylic acids is 1. The summed E-state index contributed by atoms with van der Waals surface area (Å²) >= 11 is 6.56. The molecule has 0 saturated carbocycles. The highest BCUT2D eigenvalue weighted by atomic mass is 35.5. The number of carboxylic acids is 1. The van der Waals surface area contributed by atoms with Crippen LogP contribution < -0.4 is 4.74 Å². The summed E-state index contributed by atoms with van der Waals surface area (Å²) in [5, 5.41) is 19.2. The van der Waals surface area contributed by atoms with Crippen LogP contribution in [0.2, 0.25) is 4.34 Å². The average Bonchev–Trinajstić information content (AvgIpc) is 3.30. The molecule has 3 rings (SSSR count). The number of aromatic nitrogens is 5. The summed E-state index contributed by atoms with van der Waals surface area (Å²) in [5.74, 6) is -9.34. The molecule has 0 aliphatic rings. The van der Waals surface area contributed by atoms with Gasteiger partial charge in [-0.3, -0.25) is 0 Å². The molecule has 0 saturated heterocycles. The van der Waals surface area contributed by atoms with Crippen molar-refractivity contribution in [2.24, 2.45) is 7.05 Å². The molecule has 0 fully saturated rings. The first-order chi connectivity index (χ1) is 14.2. The molecule has 31 heavy (non-hydrogen) atoms. The minimum absolute atomic E-state index is 0.0762. The summed E-state index contributed by atoms with van der Waals surface area (Å²) in [6.07, 6.45) is -5.19. The van der Waals surface area contributed by atoms with Gasteiger partial charge in [0.2, 0.25) is 0 Å². The molecular formula is C14H7ClF7N5O3S. The lowest BCUT2D eigenvalue weighted by Crippen LogP contribution is -2.34. The Bertz CT molecular complexity index is 1140. The van der Waals surface area contributed by atoms with Gasteiger partial charge in [0.1, 0.15) is 10.0 Å². The number of nitrogens with zero attached hydrogens (tertiary/aromatic N) is 5. The fraction of sp³-hybridized carbons (Fsp3) is 0.286. The molecule has 0 atom stereocenters. The van der Waals surface area contributed by atoms with E-state index in [1.54, 1.807) is 0 Å². The summed E-state index contributed by atoms with van der Waals surface area (Å²) in [5.41, 5.74) is -2.44. The summed E-state index contributed by atoms with van der Waals surface area (Å²) in [4.78, 5) is 11.2. The quantitative estimate of drug-likeness (QED) is 0.513. The summed E-state index contributed by atoms with van der Waals surface area (Å²) in [6.45, 7) is -3.76. The minimum atomic E-state index is -6.15. The first-order valence-corrected chi connectivity index (χ1v) is 8.86. The minimum Gasteiger partial charge on any atom is -0.478 e. The maximum atomic E-state index is 13.8. The van der Waals surface area contributed by atoms with Crippen LogP contribution >= 0.6 is 22.9 Å². The van der Waals surface area contributed by atoms with Gasteiger partial charge in [0.05, 0.1) is 16.6 Å². The fourth-order valence-electron chi connectivity index (χ4n) is 2.41. The summed E-state index contributed by atoms with van der Waals surface area (Å²) in [6, 6.07) is 1.12. The monoisotopic (exact) mass is 493 g/mol. The third-order valence-electron chi connectivity index (χ3n) is 3.72. The van der Waals surface area contributed by atoms with E-state index in [4.69, 9.17) is 16.7 Å². The van der Waals surface area contributed by atoms with E-state index in [-0.39, 0.29) is 20.5 Å². The van der Waals surface area contributed by atoms with Crippen LogP contribution in [0.15, 0.2) is 12.3 Å². The predicted molar refractivity (Wildman–Crippen MR) is 90.0 cm³/mol. The van der Waals surface area contributed by atoms with Crippen LogP contribution in [-0.2, 0) is 13.0 Å². The van der Waals surface area contributed by atoms with Gasteiger partial charge < -0.3 is 9.84 Å². The number of halogens is 8. The lowest BCUT2D eigenvalue weighted by atomic mass is 10.2. The number of alkyl halides is 7. The van der Waals surface area contributed by atoms with Gasteiger partial charge >= 0.3 is 24.7 Å². The first-order valence-electron chi connectivity index (χ1n) is 7.66. The second-order valence-corrected chi connectivity index (χ2v) is 7.38. The third kappa shape index (κ3) is 4.04. The lowest BCUT2D eigenvalue weighted by molar-refractivity contribution is -0.291. The van der Waals surface area contributed by atoms with E-state index < -0.39 is 41.9 Å². The molecule has 168 valence electrons. The highest BCUT2D eigenvalue weighted by Gasteiger charge is 2.62. The Kier molecular flexibility index (Phi) is 5.64. The van der Waals surface area contributed by atoms with Crippen molar-refractivity contribution in [3.63, 3.8) is 0 Å². The van der Waals surface area contributed by atoms with Crippen molar-refractivity contribution in [1.29, 1.82) is 0 Å². The van der Waals surface area contributed by atoms with Gasteiger partial charge in [0, 0.05) is 7.05 Å². The van der Waals surface area contributed by atoms with Crippen LogP contribution in [0.25, 0.3) is 16.4 Å². The molecule has 0 spiro atoms. The van der Waals surface area contributed by atoms with E-state index in [0.717, 1.165) is 30.6 Å². The van der Waals surface area contributed by atoms with Crippen LogP contribution in [0.5, 0.6) is 5.75 Å². The molecule has 0 unspecified atom stereocenters. The molecule has 3 aromatic heterocycles. The Morgan fingerprint density at radius 3 is 2.45 bits per heavy atom. The predicted octanol–water partition coefficient (Wildman–Crippen LogP) is 4.34. The number of rotatable bonds is 6. The Balaban J connectivity index is 2.14. The van der Waals surface area contributed by atoms with Crippen molar-refractivity contribution in [3.8, 4) is 22.1 Å². The molecule has 3 heterocycles. The molecule has 0 amide bonds. The molecule has 8 nitrogen and oxygen atoms in total. The maximum Gasteiger partial charge on any atom is 0.459 e. The molecule has 0 radical (unpaired) electrons.